The number of hydrogen-bond acceptors (Lipinski definition) is 6. The number of aromatic nitrogens is 2. The van der Waals surface area contributed by atoms with Crippen molar-refractivity contribution in [1.82, 2.24) is 9.78 Å². The molecule has 0 aliphatic heterocycles. The van der Waals surface area contributed by atoms with E-state index in [1.807, 2.05) is 53.2 Å². The van der Waals surface area contributed by atoms with Crippen LogP contribution in [0, 0.1) is 5.92 Å². The summed E-state index contributed by atoms with van der Waals surface area (Å²) in [6.45, 7) is 0. The summed E-state index contributed by atoms with van der Waals surface area (Å²) in [6, 6.07) is 14.8. The second-order valence-electron chi connectivity index (χ2n) is 6.27. The van der Waals surface area contributed by atoms with Gasteiger partial charge in [-0.3, -0.25) is 14.3 Å². The fraction of sp³-hybridized carbons (Fsp3) is 0.286. The molecule has 0 aliphatic rings. The van der Waals surface area contributed by atoms with E-state index < -0.39 is 17.9 Å². The molecular weight excluding hydrogens is 360 g/mol. The van der Waals surface area contributed by atoms with E-state index >= 15 is 0 Å². The first-order valence-electron chi connectivity index (χ1n) is 8.81. The van der Waals surface area contributed by atoms with Crippen molar-refractivity contribution >= 4 is 22.8 Å². The maximum Gasteiger partial charge on any atom is 0.320 e. The van der Waals surface area contributed by atoms with Crippen LogP contribution in [0.25, 0.3) is 10.9 Å². The zero-order chi connectivity index (χ0) is 20.1. The Morgan fingerprint density at radius 2 is 1.61 bits per heavy atom. The summed E-state index contributed by atoms with van der Waals surface area (Å²) in [6.07, 6.45) is 1.91. The van der Waals surface area contributed by atoms with Crippen molar-refractivity contribution in [2.45, 2.75) is 12.5 Å². The number of nitrogens with zero attached hydrogens (tertiary/aromatic N) is 2. The number of benzene rings is 2. The first-order chi connectivity index (χ1) is 13.6. The first kappa shape index (κ1) is 19.4. The predicted molar refractivity (Wildman–Crippen MR) is 103 cm³/mol. The number of ether oxygens (including phenoxy) is 3. The van der Waals surface area contributed by atoms with Crippen LogP contribution in [0.1, 0.15) is 18.0 Å². The number of carbonyl (C=O) groups excluding carboxylic acids is 2. The van der Waals surface area contributed by atoms with Crippen molar-refractivity contribution in [3.05, 3.63) is 60.3 Å². The SMILES string of the molecule is COC(=O)C(CC(c1ccc(OC)cc1)n1ncc2ccccc21)C(=O)OC. The highest BCUT2D eigenvalue weighted by atomic mass is 16.5. The molecule has 1 atom stereocenters. The molecule has 0 N–H and O–H groups in total. The molecule has 1 aromatic heterocycles. The fourth-order valence-electron chi connectivity index (χ4n) is 3.24. The Bertz CT molecular complexity index is 948. The van der Waals surface area contributed by atoms with Crippen LogP contribution in [0.4, 0.5) is 0 Å². The molecule has 0 aliphatic carbocycles. The van der Waals surface area contributed by atoms with Gasteiger partial charge in [0.1, 0.15) is 5.75 Å². The highest BCUT2D eigenvalue weighted by Gasteiger charge is 2.33. The zero-order valence-electron chi connectivity index (χ0n) is 16.0. The lowest BCUT2D eigenvalue weighted by Gasteiger charge is -2.23. The van der Waals surface area contributed by atoms with E-state index in [-0.39, 0.29) is 12.5 Å². The number of hydrogen-bond donors (Lipinski definition) is 0. The molecule has 3 aromatic rings. The smallest absolute Gasteiger partial charge is 0.320 e. The quantitative estimate of drug-likeness (QED) is 0.462. The average molecular weight is 382 g/mol. The number of fused-ring (bicyclic) bond motifs is 1. The second kappa shape index (κ2) is 8.56. The molecule has 0 spiro atoms. The van der Waals surface area contributed by atoms with Gasteiger partial charge in [0.25, 0.3) is 0 Å². The fourth-order valence-corrected chi connectivity index (χ4v) is 3.24. The molecule has 0 saturated heterocycles. The molecule has 1 heterocycles. The Morgan fingerprint density at radius 3 is 2.21 bits per heavy atom. The van der Waals surface area contributed by atoms with Gasteiger partial charge < -0.3 is 14.2 Å². The predicted octanol–water partition coefficient (Wildman–Crippen LogP) is 2.99. The third-order valence-corrected chi connectivity index (χ3v) is 4.73. The molecule has 0 amide bonds. The summed E-state index contributed by atoms with van der Waals surface area (Å²) in [7, 11) is 4.10. The molecule has 7 heteroatoms. The van der Waals surface area contributed by atoms with Gasteiger partial charge in [-0.05, 0) is 30.2 Å². The number of para-hydroxylation sites is 1. The van der Waals surface area contributed by atoms with Crippen LogP contribution >= 0.6 is 0 Å². The van der Waals surface area contributed by atoms with Gasteiger partial charge in [0.15, 0.2) is 5.92 Å². The molecule has 28 heavy (non-hydrogen) atoms. The van der Waals surface area contributed by atoms with Crippen molar-refractivity contribution in [3.8, 4) is 5.75 Å². The summed E-state index contributed by atoms with van der Waals surface area (Å²) in [5.41, 5.74) is 1.78. The Morgan fingerprint density at radius 1 is 0.964 bits per heavy atom. The monoisotopic (exact) mass is 382 g/mol. The van der Waals surface area contributed by atoms with Gasteiger partial charge >= 0.3 is 11.9 Å². The Labute approximate surface area is 162 Å². The van der Waals surface area contributed by atoms with Crippen LogP contribution in [0.3, 0.4) is 0 Å². The molecule has 0 radical (unpaired) electrons. The third-order valence-electron chi connectivity index (χ3n) is 4.73. The normalized spacial score (nSPS) is 12.0. The van der Waals surface area contributed by atoms with Crippen LogP contribution in [-0.2, 0) is 19.1 Å². The molecule has 1 unspecified atom stereocenters. The lowest BCUT2D eigenvalue weighted by molar-refractivity contribution is -0.159. The number of esters is 2. The molecular formula is C21H22N2O5. The minimum absolute atomic E-state index is 0.150. The average Bonchev–Trinajstić information content (AvgIpc) is 3.17. The number of methoxy groups -OCH3 is 3. The zero-order valence-corrected chi connectivity index (χ0v) is 16.0. The summed E-state index contributed by atoms with van der Waals surface area (Å²) in [4.78, 5) is 24.5. The van der Waals surface area contributed by atoms with Crippen molar-refractivity contribution in [2.24, 2.45) is 5.92 Å². The Hall–Kier alpha value is -3.35. The molecule has 3 rings (SSSR count). The summed E-state index contributed by atoms with van der Waals surface area (Å²) in [5, 5.41) is 5.49. The largest absolute Gasteiger partial charge is 0.497 e. The number of carbonyl (C=O) groups is 2. The number of rotatable bonds is 7. The summed E-state index contributed by atoms with van der Waals surface area (Å²) >= 11 is 0. The lowest BCUT2D eigenvalue weighted by atomic mass is 9.94. The van der Waals surface area contributed by atoms with Crippen molar-refractivity contribution in [1.29, 1.82) is 0 Å². The van der Waals surface area contributed by atoms with Crippen LogP contribution < -0.4 is 4.74 Å². The van der Waals surface area contributed by atoms with E-state index in [0.717, 1.165) is 16.5 Å². The van der Waals surface area contributed by atoms with Gasteiger partial charge in [0.2, 0.25) is 0 Å². The van der Waals surface area contributed by atoms with Gasteiger partial charge in [-0.25, -0.2) is 0 Å². The topological polar surface area (TPSA) is 79.7 Å². The van der Waals surface area contributed by atoms with E-state index in [0.29, 0.717) is 5.75 Å². The van der Waals surface area contributed by atoms with Crippen LogP contribution in [0.2, 0.25) is 0 Å². The lowest BCUT2D eigenvalue weighted by Crippen LogP contribution is -2.30. The molecule has 0 saturated carbocycles. The minimum atomic E-state index is -1.06. The van der Waals surface area contributed by atoms with E-state index in [1.165, 1.54) is 14.2 Å². The highest BCUT2D eigenvalue weighted by molar-refractivity contribution is 5.94. The van der Waals surface area contributed by atoms with Gasteiger partial charge in [-0.15, -0.1) is 0 Å². The standard InChI is InChI=1S/C21H22N2O5/c1-26-16-10-8-14(9-11-16)19(12-17(20(24)27-2)21(25)28-3)23-18-7-5-4-6-15(18)13-22-23/h4-11,13,17,19H,12H2,1-3H3. The highest BCUT2D eigenvalue weighted by Crippen LogP contribution is 2.31. The Balaban J connectivity index is 2.07. The second-order valence-corrected chi connectivity index (χ2v) is 6.27. The van der Waals surface area contributed by atoms with Gasteiger partial charge in [-0.2, -0.15) is 5.10 Å². The molecule has 0 bridgehead atoms. The first-order valence-corrected chi connectivity index (χ1v) is 8.81. The summed E-state index contributed by atoms with van der Waals surface area (Å²) < 4.78 is 16.7. The van der Waals surface area contributed by atoms with E-state index in [1.54, 1.807) is 13.3 Å². The van der Waals surface area contributed by atoms with E-state index in [4.69, 9.17) is 14.2 Å². The van der Waals surface area contributed by atoms with E-state index in [9.17, 15) is 9.59 Å². The van der Waals surface area contributed by atoms with Crippen molar-refractivity contribution in [2.75, 3.05) is 21.3 Å². The Kier molecular flexibility index (Phi) is 5.93. The molecule has 0 fully saturated rings. The molecule has 146 valence electrons. The van der Waals surface area contributed by atoms with Gasteiger partial charge in [0, 0.05) is 5.39 Å². The van der Waals surface area contributed by atoms with Crippen LogP contribution in [0.5, 0.6) is 5.75 Å². The van der Waals surface area contributed by atoms with Crippen LogP contribution in [0.15, 0.2) is 54.7 Å². The maximum atomic E-state index is 12.2. The molecule has 7 nitrogen and oxygen atoms in total. The molecule has 2 aromatic carbocycles. The third kappa shape index (κ3) is 3.83. The van der Waals surface area contributed by atoms with Crippen molar-refractivity contribution in [3.63, 3.8) is 0 Å². The summed E-state index contributed by atoms with van der Waals surface area (Å²) in [5.74, 6) is -1.63. The van der Waals surface area contributed by atoms with E-state index in [2.05, 4.69) is 5.10 Å². The van der Waals surface area contributed by atoms with Gasteiger partial charge in [-0.1, -0.05) is 30.3 Å². The van der Waals surface area contributed by atoms with Crippen molar-refractivity contribution < 1.29 is 23.8 Å². The van der Waals surface area contributed by atoms with Crippen LogP contribution in [-0.4, -0.2) is 43.0 Å². The van der Waals surface area contributed by atoms with Gasteiger partial charge in [0.05, 0.1) is 39.1 Å². The maximum absolute atomic E-state index is 12.2. The minimum Gasteiger partial charge on any atom is -0.497 e.